The van der Waals surface area contributed by atoms with Gasteiger partial charge in [0.25, 0.3) is 5.91 Å². The summed E-state index contributed by atoms with van der Waals surface area (Å²) in [6, 6.07) is 18.1. The predicted octanol–water partition coefficient (Wildman–Crippen LogP) is 5.21. The van der Waals surface area contributed by atoms with Crippen LogP contribution in [0.15, 0.2) is 60.7 Å². The van der Waals surface area contributed by atoms with Gasteiger partial charge in [0.05, 0.1) is 19.9 Å². The third-order valence-corrected chi connectivity index (χ3v) is 6.56. The van der Waals surface area contributed by atoms with Crippen molar-refractivity contribution < 1.29 is 19.0 Å². The molecule has 1 amide bonds. The second kappa shape index (κ2) is 8.57. The zero-order chi connectivity index (χ0) is 23.1. The molecule has 33 heavy (non-hydrogen) atoms. The number of nitrogens with zero attached hydrogens (tertiary/aromatic N) is 2. The number of benzene rings is 3. The molecule has 0 spiro atoms. The van der Waals surface area contributed by atoms with Crippen molar-refractivity contribution in [2.75, 3.05) is 19.1 Å². The Morgan fingerprint density at radius 2 is 1.64 bits per heavy atom. The van der Waals surface area contributed by atoms with E-state index in [2.05, 4.69) is 0 Å². The van der Waals surface area contributed by atoms with Crippen molar-refractivity contribution in [1.29, 1.82) is 0 Å². The van der Waals surface area contributed by atoms with Gasteiger partial charge in [-0.1, -0.05) is 29.8 Å². The van der Waals surface area contributed by atoms with Gasteiger partial charge < -0.3 is 19.1 Å². The lowest BCUT2D eigenvalue weighted by atomic mass is 9.94. The van der Waals surface area contributed by atoms with Crippen molar-refractivity contribution in [3.63, 3.8) is 0 Å². The fraction of sp³-hybridized carbons (Fsp3) is 0.200. The number of methoxy groups -OCH3 is 2. The van der Waals surface area contributed by atoms with E-state index in [0.29, 0.717) is 51.8 Å². The van der Waals surface area contributed by atoms with Gasteiger partial charge in [-0.3, -0.25) is 9.69 Å². The van der Waals surface area contributed by atoms with E-state index in [0.717, 1.165) is 11.1 Å². The Hall–Kier alpha value is -3.29. The lowest BCUT2D eigenvalue weighted by molar-refractivity contribution is -0.120. The summed E-state index contributed by atoms with van der Waals surface area (Å²) in [6.45, 7) is 0.497. The summed E-state index contributed by atoms with van der Waals surface area (Å²) in [5.41, 5.74) is 2.61. The third-order valence-electron chi connectivity index (χ3n) is 5.91. The van der Waals surface area contributed by atoms with E-state index in [-0.39, 0.29) is 5.91 Å². The number of rotatable bonds is 5. The van der Waals surface area contributed by atoms with E-state index < -0.39 is 6.04 Å². The quantitative estimate of drug-likeness (QED) is 0.467. The lowest BCUT2D eigenvalue weighted by Gasteiger charge is -2.31. The van der Waals surface area contributed by atoms with Gasteiger partial charge in [-0.25, -0.2) is 0 Å². The maximum absolute atomic E-state index is 13.6. The Labute approximate surface area is 202 Å². The highest BCUT2D eigenvalue weighted by Gasteiger charge is 2.46. The Morgan fingerprint density at radius 3 is 2.33 bits per heavy atom. The average Bonchev–Trinajstić information content (AvgIpc) is 3.07. The number of thiocarbonyl (C=S) groups is 1. The minimum absolute atomic E-state index is 0.111. The smallest absolute Gasteiger partial charge is 0.256 e. The summed E-state index contributed by atoms with van der Waals surface area (Å²) < 4.78 is 17.0. The molecule has 0 N–H and O–H groups in total. The number of hydrogen-bond acceptors (Lipinski definition) is 5. The van der Waals surface area contributed by atoms with Crippen molar-refractivity contribution in [2.24, 2.45) is 0 Å². The molecule has 3 aromatic carbocycles. The average molecular weight is 481 g/mol. The van der Waals surface area contributed by atoms with Crippen LogP contribution >= 0.6 is 23.8 Å². The van der Waals surface area contributed by atoms with Crippen LogP contribution in [-0.2, 0) is 17.8 Å². The normalized spacial score (nSPS) is 17.0. The number of fused-ring (bicyclic) bond motifs is 2. The van der Waals surface area contributed by atoms with Gasteiger partial charge in [0.1, 0.15) is 11.8 Å². The summed E-state index contributed by atoms with van der Waals surface area (Å²) in [4.78, 5) is 17.1. The minimum Gasteiger partial charge on any atom is -0.493 e. The molecule has 0 bridgehead atoms. The largest absolute Gasteiger partial charge is 0.493 e. The first-order valence-corrected chi connectivity index (χ1v) is 11.2. The molecule has 1 saturated heterocycles. The molecule has 1 unspecified atom stereocenters. The molecule has 3 aromatic rings. The van der Waals surface area contributed by atoms with Gasteiger partial charge in [-0.15, -0.1) is 0 Å². The lowest BCUT2D eigenvalue weighted by Crippen LogP contribution is -2.40. The Kier molecular flexibility index (Phi) is 5.60. The Morgan fingerprint density at radius 1 is 0.939 bits per heavy atom. The fourth-order valence-corrected chi connectivity index (χ4v) is 4.84. The van der Waals surface area contributed by atoms with Crippen LogP contribution in [0.5, 0.6) is 23.0 Å². The summed E-state index contributed by atoms with van der Waals surface area (Å²) in [7, 11) is 3.21. The van der Waals surface area contributed by atoms with Crippen LogP contribution in [-0.4, -0.2) is 36.2 Å². The molecule has 5 rings (SSSR count). The van der Waals surface area contributed by atoms with Gasteiger partial charge in [0.15, 0.2) is 22.4 Å². The Bertz CT molecular complexity index is 1200. The van der Waals surface area contributed by atoms with E-state index in [1.807, 2.05) is 47.4 Å². The first kappa shape index (κ1) is 21.6. The molecule has 2 heterocycles. The van der Waals surface area contributed by atoms with Crippen LogP contribution in [0.3, 0.4) is 0 Å². The summed E-state index contributed by atoms with van der Waals surface area (Å²) in [6.07, 6.45) is 0.514. The highest BCUT2D eigenvalue weighted by Crippen LogP contribution is 2.41. The number of anilines is 1. The number of carbonyl (C=O) groups excluding carboxylic acids is 1. The number of amides is 1. The van der Waals surface area contributed by atoms with E-state index in [1.54, 1.807) is 32.4 Å². The van der Waals surface area contributed by atoms with E-state index >= 15 is 0 Å². The molecule has 0 radical (unpaired) electrons. The van der Waals surface area contributed by atoms with Crippen LogP contribution in [0, 0.1) is 0 Å². The molecule has 2 aliphatic rings. The van der Waals surface area contributed by atoms with Crippen molar-refractivity contribution in [1.82, 2.24) is 4.90 Å². The molecule has 1 atom stereocenters. The predicted molar refractivity (Wildman–Crippen MR) is 131 cm³/mol. The first-order chi connectivity index (χ1) is 16.0. The summed E-state index contributed by atoms with van der Waals surface area (Å²) >= 11 is 12.1. The number of hydrogen-bond donors (Lipinski definition) is 0. The molecule has 168 valence electrons. The SMILES string of the molecule is COc1cc2c(cc1OC)CN1C(=S)N(c3cc(Cl)ccc3Oc3ccccc3)C(=O)C1C2. The maximum atomic E-state index is 13.6. The number of para-hydroxylation sites is 1. The van der Waals surface area contributed by atoms with Gasteiger partial charge >= 0.3 is 0 Å². The van der Waals surface area contributed by atoms with Crippen molar-refractivity contribution in [3.05, 3.63) is 76.8 Å². The van der Waals surface area contributed by atoms with E-state index in [9.17, 15) is 4.79 Å². The molecular weight excluding hydrogens is 460 g/mol. The zero-order valence-electron chi connectivity index (χ0n) is 18.1. The van der Waals surface area contributed by atoms with Crippen molar-refractivity contribution >= 4 is 40.5 Å². The van der Waals surface area contributed by atoms with E-state index in [4.69, 9.17) is 38.0 Å². The number of halogens is 1. The van der Waals surface area contributed by atoms with Crippen molar-refractivity contribution in [2.45, 2.75) is 19.0 Å². The zero-order valence-corrected chi connectivity index (χ0v) is 19.7. The minimum atomic E-state index is -0.411. The van der Waals surface area contributed by atoms with Crippen LogP contribution in [0.2, 0.25) is 5.02 Å². The molecule has 0 saturated carbocycles. The first-order valence-electron chi connectivity index (χ1n) is 10.4. The molecule has 0 aromatic heterocycles. The van der Waals surface area contributed by atoms with Crippen LogP contribution < -0.4 is 19.1 Å². The summed E-state index contributed by atoms with van der Waals surface area (Å²) in [5.74, 6) is 2.34. The van der Waals surface area contributed by atoms with E-state index in [1.165, 1.54) is 4.90 Å². The summed E-state index contributed by atoms with van der Waals surface area (Å²) in [5, 5.41) is 0.911. The molecule has 6 nitrogen and oxygen atoms in total. The number of carbonyl (C=O) groups is 1. The Balaban J connectivity index is 1.51. The molecule has 8 heteroatoms. The van der Waals surface area contributed by atoms with Crippen LogP contribution in [0.1, 0.15) is 11.1 Å². The van der Waals surface area contributed by atoms with Gasteiger partial charge in [-0.2, -0.15) is 0 Å². The molecule has 2 aliphatic heterocycles. The highest BCUT2D eigenvalue weighted by molar-refractivity contribution is 7.80. The highest BCUT2D eigenvalue weighted by atomic mass is 35.5. The van der Waals surface area contributed by atoms with Gasteiger partial charge in [0, 0.05) is 18.0 Å². The molecule has 0 aliphatic carbocycles. The van der Waals surface area contributed by atoms with Crippen LogP contribution in [0.4, 0.5) is 5.69 Å². The topological polar surface area (TPSA) is 51.2 Å². The second-order valence-electron chi connectivity index (χ2n) is 7.81. The molecule has 1 fully saturated rings. The standard InChI is InChI=1S/C25H21ClN2O4S/c1-30-22-11-15-10-20-24(29)28(25(33)27(20)14-16(15)12-23(22)31-2)19-13-17(26)8-9-21(19)32-18-6-4-3-5-7-18/h3-9,11-13,20H,10,14H2,1-2H3. The van der Waals surface area contributed by atoms with Crippen LogP contribution in [0.25, 0.3) is 0 Å². The van der Waals surface area contributed by atoms with Gasteiger partial charge in [0.2, 0.25) is 0 Å². The third kappa shape index (κ3) is 3.77. The second-order valence-corrected chi connectivity index (χ2v) is 8.61. The maximum Gasteiger partial charge on any atom is 0.256 e. The molecular formula is C25H21ClN2O4S. The van der Waals surface area contributed by atoms with Crippen molar-refractivity contribution in [3.8, 4) is 23.0 Å². The fourth-order valence-electron chi connectivity index (χ4n) is 4.29. The number of ether oxygens (including phenoxy) is 3. The van der Waals surface area contributed by atoms with Gasteiger partial charge in [-0.05, 0) is 65.8 Å². The monoisotopic (exact) mass is 480 g/mol.